The molecule has 5 heteroatoms. The van der Waals surface area contributed by atoms with Crippen molar-refractivity contribution in [3.8, 4) is 11.1 Å². The lowest BCUT2D eigenvalue weighted by Crippen LogP contribution is -1.92. The predicted molar refractivity (Wildman–Crippen MR) is 94.1 cm³/mol. The molecule has 25 heavy (non-hydrogen) atoms. The van der Waals surface area contributed by atoms with Crippen molar-refractivity contribution in [2.75, 3.05) is 0 Å². The second kappa shape index (κ2) is 7.75. The first-order chi connectivity index (χ1) is 12.1. The van der Waals surface area contributed by atoms with E-state index in [4.69, 9.17) is 0 Å². The monoisotopic (exact) mass is 337 g/mol. The van der Waals surface area contributed by atoms with Gasteiger partial charge in [-0.3, -0.25) is 4.98 Å². The molecular weight excluding hydrogens is 320 g/mol. The molecule has 0 aliphatic rings. The summed E-state index contributed by atoms with van der Waals surface area (Å²) in [5.74, 6) is 0.132. The second-order valence-corrected chi connectivity index (χ2v) is 5.72. The van der Waals surface area contributed by atoms with Gasteiger partial charge in [-0.1, -0.05) is 43.3 Å². The minimum atomic E-state index is -2.56. The Morgan fingerprint density at radius 2 is 1.80 bits per heavy atom. The van der Waals surface area contributed by atoms with Gasteiger partial charge in [-0.05, 0) is 34.7 Å². The first kappa shape index (κ1) is 16.9. The Hall–Kier alpha value is -2.95. The average Bonchev–Trinajstić information content (AvgIpc) is 2.67. The van der Waals surface area contributed by atoms with Gasteiger partial charge in [-0.15, -0.1) is 0 Å². The number of pyridine rings is 1. The van der Waals surface area contributed by atoms with Crippen LogP contribution in [0.4, 0.5) is 8.78 Å². The minimum Gasteiger partial charge on any atom is -0.255 e. The minimum absolute atomic E-state index is 0.132. The van der Waals surface area contributed by atoms with Gasteiger partial charge in [0.1, 0.15) is 12.0 Å². The quantitative estimate of drug-likeness (QED) is 0.635. The molecule has 0 aliphatic carbocycles. The highest BCUT2D eigenvalue weighted by molar-refractivity contribution is 5.62. The lowest BCUT2D eigenvalue weighted by molar-refractivity contribution is 0.146. The molecule has 0 amide bonds. The molecular formula is C20H17F2N3. The van der Waals surface area contributed by atoms with Crippen LogP contribution in [0, 0.1) is 0 Å². The second-order valence-electron chi connectivity index (χ2n) is 5.72. The largest absolute Gasteiger partial charge is 0.280 e. The molecule has 2 heterocycles. The van der Waals surface area contributed by atoms with Crippen LogP contribution in [0.1, 0.15) is 36.1 Å². The first-order valence-corrected chi connectivity index (χ1v) is 7.91. The Morgan fingerprint density at radius 1 is 1.00 bits per heavy atom. The molecule has 0 aliphatic heterocycles. The van der Waals surface area contributed by atoms with E-state index < -0.39 is 6.43 Å². The summed E-state index contributed by atoms with van der Waals surface area (Å²) in [6.45, 7) is 2.06. The number of alkyl halides is 2. The van der Waals surface area contributed by atoms with E-state index in [-0.39, 0.29) is 11.6 Å². The zero-order valence-electron chi connectivity index (χ0n) is 13.7. The smallest absolute Gasteiger partial charge is 0.255 e. The van der Waals surface area contributed by atoms with Gasteiger partial charge in [0, 0.05) is 24.2 Å². The molecule has 126 valence electrons. The first-order valence-electron chi connectivity index (χ1n) is 7.91. The van der Waals surface area contributed by atoms with Crippen molar-refractivity contribution in [3.05, 3.63) is 84.2 Å². The van der Waals surface area contributed by atoms with E-state index in [1.54, 1.807) is 18.5 Å². The highest BCUT2D eigenvalue weighted by atomic mass is 19.3. The summed E-state index contributed by atoms with van der Waals surface area (Å²) >= 11 is 0. The van der Waals surface area contributed by atoms with Gasteiger partial charge >= 0.3 is 0 Å². The molecule has 1 aromatic carbocycles. The molecule has 0 saturated heterocycles. The van der Waals surface area contributed by atoms with Crippen LogP contribution in [-0.2, 0) is 0 Å². The topological polar surface area (TPSA) is 38.7 Å². The Labute approximate surface area is 145 Å². The summed E-state index contributed by atoms with van der Waals surface area (Å²) in [6, 6.07) is 11.3. The molecule has 3 rings (SSSR count). The molecule has 0 spiro atoms. The van der Waals surface area contributed by atoms with Crippen molar-refractivity contribution >= 4 is 6.08 Å². The van der Waals surface area contributed by atoms with E-state index in [2.05, 4.69) is 27.9 Å². The van der Waals surface area contributed by atoms with Crippen LogP contribution in [0.5, 0.6) is 0 Å². The maximum absolute atomic E-state index is 12.7. The Kier molecular flexibility index (Phi) is 5.23. The number of benzene rings is 1. The fraction of sp³-hybridized carbons (Fsp3) is 0.150. The third kappa shape index (κ3) is 4.32. The summed E-state index contributed by atoms with van der Waals surface area (Å²) < 4.78 is 25.4. The van der Waals surface area contributed by atoms with Gasteiger partial charge in [0.2, 0.25) is 0 Å². The van der Waals surface area contributed by atoms with Gasteiger partial charge in [-0.2, -0.15) is 0 Å². The van der Waals surface area contributed by atoms with Crippen LogP contribution in [-0.4, -0.2) is 15.0 Å². The van der Waals surface area contributed by atoms with E-state index >= 15 is 0 Å². The van der Waals surface area contributed by atoms with E-state index in [1.807, 2.05) is 30.4 Å². The van der Waals surface area contributed by atoms with Gasteiger partial charge in [0.25, 0.3) is 6.43 Å². The molecule has 1 unspecified atom stereocenters. The van der Waals surface area contributed by atoms with E-state index in [9.17, 15) is 8.78 Å². The number of halogens is 2. The Morgan fingerprint density at radius 3 is 2.56 bits per heavy atom. The average molecular weight is 337 g/mol. The standard InChI is InChI=1S/C20H17F2N3/c1-14(5-6-15-7-8-25-19(9-15)20(21)22)16-3-2-4-17(10-16)18-11-23-13-24-12-18/h2-14,20H,1H3/b6-5+. The molecule has 0 saturated carbocycles. The van der Waals surface area contributed by atoms with Crippen molar-refractivity contribution in [1.82, 2.24) is 15.0 Å². The summed E-state index contributed by atoms with van der Waals surface area (Å²) in [4.78, 5) is 11.8. The predicted octanol–water partition coefficient (Wildman–Crippen LogP) is 5.29. The molecule has 1 atom stereocenters. The number of nitrogens with zero attached hydrogens (tertiary/aromatic N) is 3. The fourth-order valence-electron chi connectivity index (χ4n) is 2.50. The highest BCUT2D eigenvalue weighted by Crippen LogP contribution is 2.25. The number of allylic oxidation sites excluding steroid dienone is 1. The highest BCUT2D eigenvalue weighted by Gasteiger charge is 2.08. The lowest BCUT2D eigenvalue weighted by atomic mass is 9.96. The van der Waals surface area contributed by atoms with Gasteiger partial charge < -0.3 is 0 Å². The normalized spacial score (nSPS) is 12.6. The van der Waals surface area contributed by atoms with Crippen molar-refractivity contribution in [1.29, 1.82) is 0 Å². The Bertz CT molecular complexity index is 864. The van der Waals surface area contributed by atoms with Crippen LogP contribution in [0.25, 0.3) is 17.2 Å². The molecule has 3 aromatic rings. The number of hydrogen-bond donors (Lipinski definition) is 0. The van der Waals surface area contributed by atoms with E-state index in [0.29, 0.717) is 5.56 Å². The molecule has 0 fully saturated rings. The van der Waals surface area contributed by atoms with E-state index in [1.165, 1.54) is 18.6 Å². The van der Waals surface area contributed by atoms with Crippen LogP contribution in [0.15, 0.2) is 67.4 Å². The maximum Gasteiger partial charge on any atom is 0.280 e. The van der Waals surface area contributed by atoms with Crippen LogP contribution in [0.3, 0.4) is 0 Å². The third-order valence-corrected chi connectivity index (χ3v) is 3.91. The zero-order valence-corrected chi connectivity index (χ0v) is 13.7. The van der Waals surface area contributed by atoms with E-state index in [0.717, 1.165) is 16.7 Å². The summed E-state index contributed by atoms with van der Waals surface area (Å²) in [6.07, 6.45) is 7.73. The van der Waals surface area contributed by atoms with Crippen LogP contribution in [0.2, 0.25) is 0 Å². The molecule has 2 aromatic heterocycles. The summed E-state index contributed by atoms with van der Waals surface area (Å²) in [5, 5.41) is 0. The van der Waals surface area contributed by atoms with Crippen molar-refractivity contribution in [3.63, 3.8) is 0 Å². The van der Waals surface area contributed by atoms with Crippen molar-refractivity contribution < 1.29 is 8.78 Å². The molecule has 0 radical (unpaired) electrons. The maximum atomic E-state index is 12.7. The summed E-state index contributed by atoms with van der Waals surface area (Å²) in [5.41, 5.74) is 3.63. The zero-order chi connectivity index (χ0) is 17.6. The fourth-order valence-corrected chi connectivity index (χ4v) is 2.50. The summed E-state index contributed by atoms with van der Waals surface area (Å²) in [7, 11) is 0. The van der Waals surface area contributed by atoms with Crippen LogP contribution < -0.4 is 0 Å². The van der Waals surface area contributed by atoms with Gasteiger partial charge in [0.05, 0.1) is 0 Å². The molecule has 0 N–H and O–H groups in total. The number of rotatable bonds is 5. The van der Waals surface area contributed by atoms with Crippen molar-refractivity contribution in [2.45, 2.75) is 19.3 Å². The number of hydrogen-bond acceptors (Lipinski definition) is 3. The number of aromatic nitrogens is 3. The lowest BCUT2D eigenvalue weighted by Gasteiger charge is -2.09. The van der Waals surface area contributed by atoms with Gasteiger partial charge in [0.15, 0.2) is 0 Å². The third-order valence-electron chi connectivity index (χ3n) is 3.91. The van der Waals surface area contributed by atoms with Crippen molar-refractivity contribution in [2.24, 2.45) is 0 Å². The van der Waals surface area contributed by atoms with Gasteiger partial charge in [-0.25, -0.2) is 18.7 Å². The van der Waals surface area contributed by atoms with Crippen LogP contribution >= 0.6 is 0 Å². The molecule has 3 nitrogen and oxygen atoms in total. The Balaban J connectivity index is 1.79. The SMILES string of the molecule is CC(/C=C/c1ccnc(C(F)F)c1)c1cccc(-c2cncnc2)c1. The molecule has 0 bridgehead atoms.